The Bertz CT molecular complexity index is 697. The van der Waals surface area contributed by atoms with E-state index >= 15 is 0 Å². The van der Waals surface area contributed by atoms with Crippen molar-refractivity contribution < 1.29 is 19.3 Å². The van der Waals surface area contributed by atoms with Gasteiger partial charge < -0.3 is 19.3 Å². The van der Waals surface area contributed by atoms with E-state index < -0.39 is 5.60 Å². The quantitative estimate of drug-likeness (QED) is 0.923. The summed E-state index contributed by atoms with van der Waals surface area (Å²) in [6, 6.07) is 9.60. The van der Waals surface area contributed by atoms with E-state index in [2.05, 4.69) is 4.98 Å². The first-order chi connectivity index (χ1) is 11.2. The Morgan fingerprint density at radius 2 is 1.87 bits per heavy atom. The van der Waals surface area contributed by atoms with Crippen molar-refractivity contribution in [3.05, 3.63) is 53.9 Å². The average molecular weight is 313 g/mol. The van der Waals surface area contributed by atoms with Crippen LogP contribution < -0.4 is 9.47 Å². The van der Waals surface area contributed by atoms with Gasteiger partial charge in [0.1, 0.15) is 6.61 Å². The number of aromatic nitrogens is 1. The van der Waals surface area contributed by atoms with Gasteiger partial charge in [-0.2, -0.15) is 0 Å². The molecule has 2 aromatic rings. The van der Waals surface area contributed by atoms with Gasteiger partial charge in [-0.1, -0.05) is 12.1 Å². The summed E-state index contributed by atoms with van der Waals surface area (Å²) in [6.07, 6.45) is 4.45. The summed E-state index contributed by atoms with van der Waals surface area (Å²) in [5, 5.41) is 10.8. The number of para-hydroxylation sites is 2. The Labute approximate surface area is 134 Å². The number of hydrogen-bond acceptors (Lipinski definition) is 5. The molecule has 1 aromatic carbocycles. The molecule has 1 aromatic heterocycles. The maximum atomic E-state index is 10.8. The molecule has 4 rings (SSSR count). The number of aliphatic hydroxyl groups is 1. The smallest absolute Gasteiger partial charge is 0.162 e. The SMILES string of the molecule is OC1(c2cncc(C3COc4ccccc4O3)c2)CCOCC1. The van der Waals surface area contributed by atoms with E-state index in [4.69, 9.17) is 14.2 Å². The molecule has 0 spiro atoms. The van der Waals surface area contributed by atoms with Crippen LogP contribution in [-0.2, 0) is 10.3 Å². The molecule has 5 nitrogen and oxygen atoms in total. The van der Waals surface area contributed by atoms with Crippen LogP contribution in [0.4, 0.5) is 0 Å². The van der Waals surface area contributed by atoms with Crippen LogP contribution in [0, 0.1) is 0 Å². The van der Waals surface area contributed by atoms with Crippen molar-refractivity contribution >= 4 is 0 Å². The predicted molar refractivity (Wildman–Crippen MR) is 83.5 cm³/mol. The van der Waals surface area contributed by atoms with Crippen LogP contribution in [0.15, 0.2) is 42.7 Å². The van der Waals surface area contributed by atoms with E-state index in [-0.39, 0.29) is 6.10 Å². The summed E-state index contributed by atoms with van der Waals surface area (Å²) in [6.45, 7) is 1.57. The molecule has 1 unspecified atom stereocenters. The second-order valence-corrected chi connectivity index (χ2v) is 6.02. The lowest BCUT2D eigenvalue weighted by Crippen LogP contribution is -2.34. The lowest BCUT2D eigenvalue weighted by molar-refractivity contribution is -0.0682. The fraction of sp³-hybridized carbons (Fsp3) is 0.389. The molecular formula is C18H19NO4. The molecule has 1 N–H and O–H groups in total. The summed E-state index contributed by atoms with van der Waals surface area (Å²) in [4.78, 5) is 4.30. The third kappa shape index (κ3) is 2.78. The molecule has 120 valence electrons. The van der Waals surface area contributed by atoms with Crippen LogP contribution in [0.1, 0.15) is 30.1 Å². The van der Waals surface area contributed by atoms with E-state index in [9.17, 15) is 5.11 Å². The van der Waals surface area contributed by atoms with Crippen LogP contribution in [-0.4, -0.2) is 29.9 Å². The number of nitrogens with zero attached hydrogens (tertiary/aromatic N) is 1. The van der Waals surface area contributed by atoms with Gasteiger partial charge in [-0.05, 0) is 18.2 Å². The van der Waals surface area contributed by atoms with Gasteiger partial charge in [0.15, 0.2) is 17.6 Å². The standard InChI is InChI=1S/C18H19NO4/c20-18(5-7-21-8-6-18)14-9-13(10-19-11-14)17-12-22-15-3-1-2-4-16(15)23-17/h1-4,9-11,17,20H,5-8,12H2. The van der Waals surface area contributed by atoms with Crippen LogP contribution >= 0.6 is 0 Å². The largest absolute Gasteiger partial charge is 0.485 e. The van der Waals surface area contributed by atoms with Crippen molar-refractivity contribution in [2.24, 2.45) is 0 Å². The molecule has 0 radical (unpaired) electrons. The lowest BCUT2D eigenvalue weighted by Gasteiger charge is -2.33. The first-order valence-electron chi connectivity index (χ1n) is 7.89. The van der Waals surface area contributed by atoms with Crippen molar-refractivity contribution in [3.8, 4) is 11.5 Å². The van der Waals surface area contributed by atoms with Crippen LogP contribution in [0.3, 0.4) is 0 Å². The fourth-order valence-electron chi connectivity index (χ4n) is 3.07. The summed E-state index contributed by atoms with van der Waals surface area (Å²) in [7, 11) is 0. The summed E-state index contributed by atoms with van der Waals surface area (Å²) in [5.41, 5.74) is 0.868. The lowest BCUT2D eigenvalue weighted by atomic mass is 9.86. The maximum absolute atomic E-state index is 10.8. The summed E-state index contributed by atoms with van der Waals surface area (Å²) < 4.78 is 17.1. The Morgan fingerprint density at radius 1 is 1.09 bits per heavy atom. The zero-order chi connectivity index (χ0) is 15.7. The number of benzene rings is 1. The van der Waals surface area contributed by atoms with Gasteiger partial charge in [0.05, 0.1) is 5.60 Å². The third-order valence-electron chi connectivity index (χ3n) is 4.50. The minimum atomic E-state index is -0.866. The minimum Gasteiger partial charge on any atom is -0.485 e. The second kappa shape index (κ2) is 5.83. The molecule has 0 bridgehead atoms. The van der Waals surface area contributed by atoms with E-state index in [1.165, 1.54) is 0 Å². The highest BCUT2D eigenvalue weighted by Gasteiger charge is 2.33. The van der Waals surface area contributed by atoms with Gasteiger partial charge >= 0.3 is 0 Å². The fourth-order valence-corrected chi connectivity index (χ4v) is 3.07. The molecule has 3 heterocycles. The van der Waals surface area contributed by atoms with E-state index in [0.717, 1.165) is 22.6 Å². The molecule has 2 aliphatic rings. The molecule has 0 saturated carbocycles. The monoisotopic (exact) mass is 313 g/mol. The first kappa shape index (κ1) is 14.5. The Kier molecular flexibility index (Phi) is 3.67. The van der Waals surface area contributed by atoms with Gasteiger partial charge in [0, 0.05) is 49.6 Å². The highest BCUT2D eigenvalue weighted by molar-refractivity contribution is 5.41. The van der Waals surface area contributed by atoms with Gasteiger partial charge in [0.2, 0.25) is 0 Å². The van der Waals surface area contributed by atoms with Gasteiger partial charge in [-0.25, -0.2) is 0 Å². The molecule has 0 amide bonds. The van der Waals surface area contributed by atoms with Gasteiger partial charge in [-0.3, -0.25) is 4.98 Å². The van der Waals surface area contributed by atoms with E-state index in [1.54, 1.807) is 12.4 Å². The normalized spacial score (nSPS) is 22.6. The maximum Gasteiger partial charge on any atom is 0.162 e. The Balaban J connectivity index is 1.60. The van der Waals surface area contributed by atoms with E-state index in [1.807, 2.05) is 30.3 Å². The van der Waals surface area contributed by atoms with Crippen LogP contribution in [0.2, 0.25) is 0 Å². The van der Waals surface area contributed by atoms with Crippen LogP contribution in [0.5, 0.6) is 11.5 Å². The average Bonchev–Trinajstić information content (AvgIpc) is 2.62. The molecule has 23 heavy (non-hydrogen) atoms. The van der Waals surface area contributed by atoms with Crippen molar-refractivity contribution in [1.29, 1.82) is 0 Å². The van der Waals surface area contributed by atoms with Crippen molar-refractivity contribution in [1.82, 2.24) is 4.98 Å². The second-order valence-electron chi connectivity index (χ2n) is 6.02. The van der Waals surface area contributed by atoms with Crippen molar-refractivity contribution in [3.63, 3.8) is 0 Å². The molecule has 1 atom stereocenters. The molecule has 5 heteroatoms. The molecular weight excluding hydrogens is 294 g/mol. The third-order valence-corrected chi connectivity index (χ3v) is 4.50. The molecule has 2 aliphatic heterocycles. The highest BCUT2D eigenvalue weighted by Crippen LogP contribution is 2.37. The summed E-state index contributed by atoms with van der Waals surface area (Å²) >= 11 is 0. The Morgan fingerprint density at radius 3 is 2.70 bits per heavy atom. The topological polar surface area (TPSA) is 60.8 Å². The van der Waals surface area contributed by atoms with Crippen LogP contribution in [0.25, 0.3) is 0 Å². The first-order valence-corrected chi connectivity index (χ1v) is 7.89. The molecule has 0 aliphatic carbocycles. The van der Waals surface area contributed by atoms with Crippen molar-refractivity contribution in [2.75, 3.05) is 19.8 Å². The van der Waals surface area contributed by atoms with E-state index in [0.29, 0.717) is 32.7 Å². The van der Waals surface area contributed by atoms with Gasteiger partial charge in [-0.15, -0.1) is 0 Å². The molecule has 1 saturated heterocycles. The zero-order valence-electron chi connectivity index (χ0n) is 12.8. The number of hydrogen-bond donors (Lipinski definition) is 1. The van der Waals surface area contributed by atoms with Crippen molar-refractivity contribution in [2.45, 2.75) is 24.5 Å². The minimum absolute atomic E-state index is 0.221. The van der Waals surface area contributed by atoms with Gasteiger partial charge in [0.25, 0.3) is 0 Å². The predicted octanol–water partition coefficient (Wildman–Crippen LogP) is 2.59. The number of rotatable bonds is 2. The number of ether oxygens (including phenoxy) is 3. The summed E-state index contributed by atoms with van der Waals surface area (Å²) in [5.74, 6) is 1.50. The Hall–Kier alpha value is -2.11. The highest BCUT2D eigenvalue weighted by atomic mass is 16.6. The molecule has 1 fully saturated rings. The number of fused-ring (bicyclic) bond motifs is 1. The zero-order valence-corrected chi connectivity index (χ0v) is 12.8. The number of pyridine rings is 1.